The first-order chi connectivity index (χ1) is 8.27. The lowest BCUT2D eigenvalue weighted by Crippen LogP contribution is -2.39. The SMILES string of the molecule is CSC12CCN(C)C1CN(C(=O)OC(C)(C)C)C2. The lowest BCUT2D eigenvalue weighted by molar-refractivity contribution is 0.0276. The van der Waals surface area contributed by atoms with Gasteiger partial charge in [0, 0.05) is 19.1 Å². The number of ether oxygens (including phenoxy) is 1. The van der Waals surface area contributed by atoms with Crippen molar-refractivity contribution in [3.8, 4) is 0 Å². The Bertz CT molecular complexity index is 342. The van der Waals surface area contributed by atoms with E-state index in [-0.39, 0.29) is 10.8 Å². The van der Waals surface area contributed by atoms with Crippen LogP contribution in [0.5, 0.6) is 0 Å². The van der Waals surface area contributed by atoms with E-state index >= 15 is 0 Å². The Morgan fingerprint density at radius 1 is 1.44 bits per heavy atom. The topological polar surface area (TPSA) is 32.8 Å². The second kappa shape index (κ2) is 4.60. The Morgan fingerprint density at radius 3 is 2.61 bits per heavy atom. The number of rotatable bonds is 1. The van der Waals surface area contributed by atoms with Crippen LogP contribution in [-0.4, -0.2) is 65.2 Å². The third-order valence-electron chi connectivity index (χ3n) is 3.94. The van der Waals surface area contributed by atoms with E-state index in [9.17, 15) is 4.79 Å². The van der Waals surface area contributed by atoms with Crippen LogP contribution in [-0.2, 0) is 4.74 Å². The van der Waals surface area contributed by atoms with E-state index in [1.165, 1.54) is 0 Å². The maximum absolute atomic E-state index is 12.1. The summed E-state index contributed by atoms with van der Waals surface area (Å²) in [5.41, 5.74) is -0.410. The first-order valence-electron chi connectivity index (χ1n) is 6.51. The first kappa shape index (κ1) is 14.0. The molecule has 2 rings (SSSR count). The van der Waals surface area contributed by atoms with Gasteiger partial charge in [0.25, 0.3) is 0 Å². The van der Waals surface area contributed by atoms with Crippen molar-refractivity contribution in [1.82, 2.24) is 9.80 Å². The number of carbonyl (C=O) groups excluding carboxylic acids is 1. The fraction of sp³-hybridized carbons (Fsp3) is 0.923. The second-order valence-corrected chi connectivity index (χ2v) is 7.60. The van der Waals surface area contributed by atoms with Crippen LogP contribution in [0.25, 0.3) is 0 Å². The number of likely N-dealkylation sites (N-methyl/N-ethyl adjacent to an activating group) is 1. The minimum Gasteiger partial charge on any atom is -0.444 e. The Labute approximate surface area is 114 Å². The summed E-state index contributed by atoms with van der Waals surface area (Å²) in [6, 6.07) is 0.472. The summed E-state index contributed by atoms with van der Waals surface area (Å²) in [5, 5.41) is 0. The van der Waals surface area contributed by atoms with Crippen molar-refractivity contribution in [3.63, 3.8) is 0 Å². The van der Waals surface area contributed by atoms with Crippen molar-refractivity contribution in [3.05, 3.63) is 0 Å². The Kier molecular flexibility index (Phi) is 3.58. The van der Waals surface area contributed by atoms with Gasteiger partial charge in [-0.05, 0) is 47.0 Å². The summed E-state index contributed by atoms with van der Waals surface area (Å²) < 4.78 is 5.68. The van der Waals surface area contributed by atoms with Crippen molar-refractivity contribution in [2.75, 3.05) is 32.9 Å². The molecule has 2 unspecified atom stereocenters. The van der Waals surface area contributed by atoms with Crippen molar-refractivity contribution < 1.29 is 9.53 Å². The van der Waals surface area contributed by atoms with Gasteiger partial charge in [0.1, 0.15) is 5.60 Å². The van der Waals surface area contributed by atoms with Gasteiger partial charge in [-0.2, -0.15) is 11.8 Å². The highest BCUT2D eigenvalue weighted by Gasteiger charge is 2.53. The molecule has 0 bridgehead atoms. The molecule has 4 nitrogen and oxygen atoms in total. The highest BCUT2D eigenvalue weighted by Crippen LogP contribution is 2.44. The molecule has 0 saturated carbocycles. The molecule has 2 fully saturated rings. The molecule has 1 amide bonds. The minimum atomic E-state index is -0.410. The van der Waals surface area contributed by atoms with Crippen molar-refractivity contribution in [2.45, 2.75) is 43.6 Å². The Morgan fingerprint density at radius 2 is 2.11 bits per heavy atom. The van der Waals surface area contributed by atoms with Gasteiger partial charge in [-0.15, -0.1) is 0 Å². The zero-order chi connectivity index (χ0) is 13.6. The van der Waals surface area contributed by atoms with E-state index in [1.54, 1.807) is 0 Å². The van der Waals surface area contributed by atoms with Gasteiger partial charge >= 0.3 is 6.09 Å². The molecule has 0 aromatic rings. The number of hydrogen-bond donors (Lipinski definition) is 0. The molecule has 0 aliphatic carbocycles. The minimum absolute atomic E-state index is 0.168. The van der Waals surface area contributed by atoms with Crippen LogP contribution in [0.1, 0.15) is 27.2 Å². The van der Waals surface area contributed by atoms with Crippen molar-refractivity contribution >= 4 is 17.9 Å². The zero-order valence-electron chi connectivity index (χ0n) is 12.0. The smallest absolute Gasteiger partial charge is 0.410 e. The summed E-state index contributed by atoms with van der Waals surface area (Å²) in [6.07, 6.45) is 3.15. The van der Waals surface area contributed by atoms with Gasteiger partial charge in [-0.25, -0.2) is 4.79 Å². The maximum atomic E-state index is 12.1. The molecule has 2 heterocycles. The largest absolute Gasteiger partial charge is 0.444 e. The van der Waals surface area contributed by atoms with Crippen LogP contribution in [0.3, 0.4) is 0 Å². The van der Waals surface area contributed by atoms with Crippen molar-refractivity contribution in [1.29, 1.82) is 0 Å². The van der Waals surface area contributed by atoms with Crippen LogP contribution in [0.15, 0.2) is 0 Å². The lowest BCUT2D eigenvalue weighted by atomic mass is 10.0. The van der Waals surface area contributed by atoms with E-state index in [0.717, 1.165) is 26.1 Å². The molecule has 18 heavy (non-hydrogen) atoms. The van der Waals surface area contributed by atoms with E-state index in [1.807, 2.05) is 37.4 Å². The predicted molar refractivity (Wildman–Crippen MR) is 75.1 cm³/mol. The normalized spacial score (nSPS) is 32.7. The molecule has 5 heteroatoms. The lowest BCUT2D eigenvalue weighted by Gasteiger charge is -2.27. The molecular weight excluding hydrogens is 248 g/mol. The Balaban J connectivity index is 2.05. The molecule has 2 aliphatic heterocycles. The number of nitrogens with zero attached hydrogens (tertiary/aromatic N) is 2. The standard InChI is InChI=1S/C13H24N2O2S/c1-12(2,3)17-11(16)15-8-10-13(9-15,18-5)6-7-14(10)4/h10H,6-9H2,1-5H3. The van der Waals surface area contributed by atoms with E-state index in [4.69, 9.17) is 4.74 Å². The first-order valence-corrected chi connectivity index (χ1v) is 7.73. The zero-order valence-corrected chi connectivity index (χ0v) is 12.8. The van der Waals surface area contributed by atoms with Gasteiger partial charge in [0.2, 0.25) is 0 Å². The number of carbonyl (C=O) groups is 1. The fourth-order valence-corrected chi connectivity index (χ4v) is 4.05. The molecule has 2 saturated heterocycles. The predicted octanol–water partition coefficient (Wildman–Crippen LogP) is 2.04. The molecule has 0 aromatic carbocycles. The van der Waals surface area contributed by atoms with Crippen LogP contribution in [0.2, 0.25) is 0 Å². The number of likely N-dealkylation sites (tertiary alicyclic amines) is 2. The van der Waals surface area contributed by atoms with E-state index in [2.05, 4.69) is 18.2 Å². The van der Waals surface area contributed by atoms with E-state index < -0.39 is 5.60 Å². The number of fused-ring (bicyclic) bond motifs is 1. The fourth-order valence-electron chi connectivity index (χ4n) is 2.94. The van der Waals surface area contributed by atoms with Gasteiger partial charge in [-0.1, -0.05) is 0 Å². The molecule has 0 spiro atoms. The van der Waals surface area contributed by atoms with Gasteiger partial charge in [0.15, 0.2) is 0 Å². The van der Waals surface area contributed by atoms with Crippen LogP contribution in [0, 0.1) is 0 Å². The Hall–Kier alpha value is -0.420. The average molecular weight is 272 g/mol. The molecule has 2 aliphatic rings. The maximum Gasteiger partial charge on any atom is 0.410 e. The molecule has 104 valence electrons. The molecule has 0 radical (unpaired) electrons. The van der Waals surface area contributed by atoms with Crippen LogP contribution in [0.4, 0.5) is 4.79 Å². The highest BCUT2D eigenvalue weighted by molar-refractivity contribution is 8.00. The molecule has 2 atom stereocenters. The average Bonchev–Trinajstić information content (AvgIpc) is 2.75. The summed E-state index contributed by atoms with van der Waals surface area (Å²) >= 11 is 1.90. The summed E-state index contributed by atoms with van der Waals surface area (Å²) in [5.74, 6) is 0. The number of amides is 1. The summed E-state index contributed by atoms with van der Waals surface area (Å²) in [4.78, 5) is 16.4. The second-order valence-electron chi connectivity index (χ2n) is 6.38. The number of hydrogen-bond acceptors (Lipinski definition) is 4. The quantitative estimate of drug-likeness (QED) is 0.731. The van der Waals surface area contributed by atoms with Gasteiger partial charge in [-0.3, -0.25) is 0 Å². The summed E-state index contributed by atoms with van der Waals surface area (Å²) in [7, 11) is 2.15. The van der Waals surface area contributed by atoms with Gasteiger partial charge < -0.3 is 14.5 Å². The highest BCUT2D eigenvalue weighted by atomic mass is 32.2. The monoisotopic (exact) mass is 272 g/mol. The molecule has 0 N–H and O–H groups in total. The van der Waals surface area contributed by atoms with Crippen LogP contribution >= 0.6 is 11.8 Å². The number of thioether (sulfide) groups is 1. The third-order valence-corrected chi connectivity index (χ3v) is 5.36. The molecular formula is C13H24N2O2S. The van der Waals surface area contributed by atoms with Crippen molar-refractivity contribution in [2.24, 2.45) is 0 Å². The van der Waals surface area contributed by atoms with Gasteiger partial charge in [0.05, 0.1) is 4.75 Å². The molecule has 0 aromatic heterocycles. The summed E-state index contributed by atoms with van der Waals surface area (Å²) in [6.45, 7) is 8.49. The van der Waals surface area contributed by atoms with E-state index in [0.29, 0.717) is 6.04 Å². The third kappa shape index (κ3) is 2.48. The van der Waals surface area contributed by atoms with Crippen LogP contribution < -0.4 is 0 Å².